The number of rotatable bonds is 5. The minimum Gasteiger partial charge on any atom is -0.399 e. The topological polar surface area (TPSA) is 67.6 Å². The van der Waals surface area contributed by atoms with E-state index in [-0.39, 0.29) is 12.0 Å². The van der Waals surface area contributed by atoms with Gasteiger partial charge in [-0.2, -0.15) is 0 Å². The standard InChI is InChI=1S/C15H23N3O2/c1-3-17-15(19)13-7-6-11(16)9-14(13)18(2)10-12-5-4-8-20-12/h6-7,9,12H,3-5,8,10,16H2,1-2H3,(H,17,19). The number of carbonyl (C=O) groups excluding carboxylic acids is 1. The van der Waals surface area contributed by atoms with Crippen molar-refractivity contribution in [3.05, 3.63) is 23.8 Å². The number of benzene rings is 1. The smallest absolute Gasteiger partial charge is 0.253 e. The lowest BCUT2D eigenvalue weighted by molar-refractivity contribution is 0.0955. The van der Waals surface area contributed by atoms with Crippen molar-refractivity contribution in [3.8, 4) is 0 Å². The van der Waals surface area contributed by atoms with Gasteiger partial charge < -0.3 is 20.7 Å². The number of anilines is 2. The summed E-state index contributed by atoms with van der Waals surface area (Å²) >= 11 is 0. The van der Waals surface area contributed by atoms with Crippen LogP contribution in [0.25, 0.3) is 0 Å². The molecule has 1 saturated heterocycles. The second-order valence-corrected chi connectivity index (χ2v) is 5.15. The molecule has 1 aromatic rings. The van der Waals surface area contributed by atoms with Crippen molar-refractivity contribution in [1.29, 1.82) is 0 Å². The second-order valence-electron chi connectivity index (χ2n) is 5.15. The molecule has 5 nitrogen and oxygen atoms in total. The summed E-state index contributed by atoms with van der Waals surface area (Å²) in [6, 6.07) is 5.38. The highest BCUT2D eigenvalue weighted by Gasteiger charge is 2.20. The van der Waals surface area contributed by atoms with Gasteiger partial charge in [0.25, 0.3) is 5.91 Å². The largest absolute Gasteiger partial charge is 0.399 e. The van der Waals surface area contributed by atoms with Crippen LogP contribution in [0.5, 0.6) is 0 Å². The monoisotopic (exact) mass is 277 g/mol. The second kappa shape index (κ2) is 6.61. The lowest BCUT2D eigenvalue weighted by atomic mass is 10.1. The first-order valence-electron chi connectivity index (χ1n) is 7.12. The van der Waals surface area contributed by atoms with Crippen molar-refractivity contribution in [3.63, 3.8) is 0 Å². The maximum absolute atomic E-state index is 12.1. The van der Waals surface area contributed by atoms with E-state index in [1.165, 1.54) is 0 Å². The molecule has 1 aromatic carbocycles. The summed E-state index contributed by atoms with van der Waals surface area (Å²) in [4.78, 5) is 14.2. The van der Waals surface area contributed by atoms with Crippen LogP contribution in [0.2, 0.25) is 0 Å². The molecule has 1 aliphatic heterocycles. The highest BCUT2D eigenvalue weighted by molar-refractivity contribution is 6.00. The molecule has 0 aromatic heterocycles. The van der Waals surface area contributed by atoms with Gasteiger partial charge in [0.2, 0.25) is 0 Å². The Bertz CT molecular complexity index is 470. The normalized spacial score (nSPS) is 18.0. The van der Waals surface area contributed by atoms with E-state index in [0.29, 0.717) is 17.8 Å². The number of nitrogens with zero attached hydrogens (tertiary/aromatic N) is 1. The molecule has 20 heavy (non-hydrogen) atoms. The summed E-state index contributed by atoms with van der Waals surface area (Å²) in [5.41, 5.74) is 8.02. The fourth-order valence-corrected chi connectivity index (χ4v) is 2.50. The Kier molecular flexibility index (Phi) is 4.84. The number of carbonyl (C=O) groups is 1. The van der Waals surface area contributed by atoms with Gasteiger partial charge in [-0.3, -0.25) is 4.79 Å². The highest BCUT2D eigenvalue weighted by atomic mass is 16.5. The summed E-state index contributed by atoms with van der Waals surface area (Å²) in [5.74, 6) is -0.0679. The number of hydrogen-bond acceptors (Lipinski definition) is 4. The van der Waals surface area contributed by atoms with Crippen LogP contribution in [0.4, 0.5) is 11.4 Å². The third kappa shape index (κ3) is 3.42. The van der Waals surface area contributed by atoms with Gasteiger partial charge in [-0.1, -0.05) is 0 Å². The lowest BCUT2D eigenvalue weighted by Crippen LogP contribution is -2.31. The molecule has 1 heterocycles. The van der Waals surface area contributed by atoms with E-state index < -0.39 is 0 Å². The molecule has 5 heteroatoms. The quantitative estimate of drug-likeness (QED) is 0.803. The molecule has 0 radical (unpaired) electrons. The van der Waals surface area contributed by atoms with E-state index in [1.807, 2.05) is 20.0 Å². The summed E-state index contributed by atoms with van der Waals surface area (Å²) in [5, 5.41) is 2.83. The first-order valence-corrected chi connectivity index (χ1v) is 7.12. The molecule has 0 aliphatic carbocycles. The number of nitrogens with one attached hydrogen (secondary N) is 1. The number of nitrogens with two attached hydrogens (primary N) is 1. The molecule has 1 amide bonds. The number of ether oxygens (including phenoxy) is 1. The lowest BCUT2D eigenvalue weighted by Gasteiger charge is -2.25. The van der Waals surface area contributed by atoms with Crippen LogP contribution in [0.1, 0.15) is 30.1 Å². The van der Waals surface area contributed by atoms with E-state index in [9.17, 15) is 4.79 Å². The molecule has 2 rings (SSSR count). The molecular formula is C15H23N3O2. The summed E-state index contributed by atoms with van der Waals surface area (Å²) < 4.78 is 5.65. The Hall–Kier alpha value is -1.75. The minimum absolute atomic E-state index is 0.0679. The van der Waals surface area contributed by atoms with Gasteiger partial charge >= 0.3 is 0 Å². The molecule has 1 unspecified atom stereocenters. The van der Waals surface area contributed by atoms with Gasteiger partial charge in [-0.05, 0) is 38.0 Å². The van der Waals surface area contributed by atoms with Crippen LogP contribution < -0.4 is 16.0 Å². The van der Waals surface area contributed by atoms with Crippen molar-refractivity contribution in [1.82, 2.24) is 5.32 Å². The number of amides is 1. The van der Waals surface area contributed by atoms with Gasteiger partial charge in [0.05, 0.1) is 17.4 Å². The van der Waals surface area contributed by atoms with E-state index in [1.54, 1.807) is 12.1 Å². The zero-order valence-corrected chi connectivity index (χ0v) is 12.2. The van der Waals surface area contributed by atoms with Gasteiger partial charge in [0.15, 0.2) is 0 Å². The molecule has 0 spiro atoms. The third-order valence-electron chi connectivity index (χ3n) is 3.52. The van der Waals surface area contributed by atoms with Crippen LogP contribution in [0.15, 0.2) is 18.2 Å². The molecular weight excluding hydrogens is 254 g/mol. The van der Waals surface area contributed by atoms with Gasteiger partial charge in [0, 0.05) is 32.4 Å². The van der Waals surface area contributed by atoms with E-state index >= 15 is 0 Å². The molecule has 1 fully saturated rings. The van der Waals surface area contributed by atoms with Gasteiger partial charge in [-0.15, -0.1) is 0 Å². The number of hydrogen-bond donors (Lipinski definition) is 2. The van der Waals surface area contributed by atoms with Gasteiger partial charge in [0.1, 0.15) is 0 Å². The maximum Gasteiger partial charge on any atom is 0.253 e. The zero-order chi connectivity index (χ0) is 14.5. The summed E-state index contributed by atoms with van der Waals surface area (Å²) in [7, 11) is 1.97. The SMILES string of the molecule is CCNC(=O)c1ccc(N)cc1N(C)CC1CCCO1. The highest BCUT2D eigenvalue weighted by Crippen LogP contribution is 2.24. The minimum atomic E-state index is -0.0679. The Morgan fingerprint density at radius 3 is 3.00 bits per heavy atom. The Labute approximate surface area is 120 Å². The zero-order valence-electron chi connectivity index (χ0n) is 12.2. The molecule has 3 N–H and O–H groups in total. The van der Waals surface area contributed by atoms with Crippen LogP contribution in [-0.4, -0.2) is 38.8 Å². The Morgan fingerprint density at radius 2 is 2.35 bits per heavy atom. The predicted octanol–water partition coefficient (Wildman–Crippen LogP) is 1.63. The van der Waals surface area contributed by atoms with E-state index in [4.69, 9.17) is 10.5 Å². The first kappa shape index (κ1) is 14.7. The molecule has 1 atom stereocenters. The van der Waals surface area contributed by atoms with Crippen LogP contribution >= 0.6 is 0 Å². The van der Waals surface area contributed by atoms with Gasteiger partial charge in [-0.25, -0.2) is 0 Å². The van der Waals surface area contributed by atoms with Crippen molar-refractivity contribution in [2.24, 2.45) is 0 Å². The van der Waals surface area contributed by atoms with E-state index in [2.05, 4.69) is 10.2 Å². The summed E-state index contributed by atoms with van der Waals surface area (Å²) in [6.07, 6.45) is 2.42. The number of likely N-dealkylation sites (N-methyl/N-ethyl adjacent to an activating group) is 1. The van der Waals surface area contributed by atoms with Crippen molar-refractivity contribution in [2.75, 3.05) is 37.4 Å². The summed E-state index contributed by atoms with van der Waals surface area (Å²) in [6.45, 7) is 4.12. The predicted molar refractivity (Wildman–Crippen MR) is 81.1 cm³/mol. The van der Waals surface area contributed by atoms with Crippen LogP contribution in [0, 0.1) is 0 Å². The molecule has 110 valence electrons. The van der Waals surface area contributed by atoms with Crippen LogP contribution in [-0.2, 0) is 4.74 Å². The van der Waals surface area contributed by atoms with Crippen LogP contribution in [0.3, 0.4) is 0 Å². The average Bonchev–Trinajstić information content (AvgIpc) is 2.91. The molecule has 1 aliphatic rings. The third-order valence-corrected chi connectivity index (χ3v) is 3.52. The fourth-order valence-electron chi connectivity index (χ4n) is 2.50. The average molecular weight is 277 g/mol. The Morgan fingerprint density at radius 1 is 1.55 bits per heavy atom. The maximum atomic E-state index is 12.1. The Balaban J connectivity index is 2.18. The number of nitrogen functional groups attached to an aromatic ring is 1. The first-order chi connectivity index (χ1) is 9.61. The van der Waals surface area contributed by atoms with Crippen molar-refractivity contribution >= 4 is 17.3 Å². The fraction of sp³-hybridized carbons (Fsp3) is 0.533. The van der Waals surface area contributed by atoms with Crippen molar-refractivity contribution in [2.45, 2.75) is 25.9 Å². The molecule has 0 bridgehead atoms. The van der Waals surface area contributed by atoms with E-state index in [0.717, 1.165) is 31.7 Å². The molecule has 0 saturated carbocycles. The van der Waals surface area contributed by atoms with Crippen molar-refractivity contribution < 1.29 is 9.53 Å².